The van der Waals surface area contributed by atoms with Gasteiger partial charge in [0.05, 0.1) is 38.1 Å². The topological polar surface area (TPSA) is 77.1 Å². The van der Waals surface area contributed by atoms with Gasteiger partial charge in [0.2, 0.25) is 0 Å². The summed E-state index contributed by atoms with van der Waals surface area (Å²) in [5.74, 6) is 2.05. The van der Waals surface area contributed by atoms with Crippen LogP contribution in [0.5, 0.6) is 0 Å². The number of benzene rings is 1. The second-order valence-electron chi connectivity index (χ2n) is 9.89. The van der Waals surface area contributed by atoms with E-state index in [1.807, 2.05) is 41.6 Å². The van der Waals surface area contributed by atoms with Crippen LogP contribution in [0.3, 0.4) is 0 Å². The van der Waals surface area contributed by atoms with E-state index < -0.39 is 0 Å². The van der Waals surface area contributed by atoms with Crippen molar-refractivity contribution >= 4 is 38.5 Å². The van der Waals surface area contributed by atoms with Gasteiger partial charge in [-0.15, -0.1) is 11.3 Å². The molecule has 1 saturated heterocycles. The van der Waals surface area contributed by atoms with Gasteiger partial charge in [-0.05, 0) is 64.8 Å². The molecule has 0 aliphatic carbocycles. The number of piperidine rings is 1. The number of aromatic nitrogens is 4. The molecule has 0 spiro atoms. The standard InChI is InChI=1S/C28H29N5O2S/c1-16(2)33-26-22(15-29-33)21(14-24(30-26)20-13-17(3)35-18(20)4)28(34)32-11-9-19(10-12-32)27-31-23-7-5-6-8-25(23)36-27/h5-8,13-16,19H,9-12H2,1-4H3. The maximum Gasteiger partial charge on any atom is 0.254 e. The Morgan fingerprint density at radius 1 is 1.11 bits per heavy atom. The van der Waals surface area contributed by atoms with Crippen LogP contribution >= 0.6 is 11.3 Å². The molecule has 4 aromatic heterocycles. The molecule has 5 heterocycles. The summed E-state index contributed by atoms with van der Waals surface area (Å²) >= 11 is 1.78. The fourth-order valence-corrected chi connectivity index (χ4v) is 6.30. The first kappa shape index (κ1) is 22.9. The molecule has 0 atom stereocenters. The Bertz CT molecular complexity index is 1550. The predicted molar refractivity (Wildman–Crippen MR) is 143 cm³/mol. The molecule has 0 unspecified atom stereocenters. The minimum atomic E-state index is 0.0348. The smallest absolute Gasteiger partial charge is 0.254 e. The molecule has 0 bridgehead atoms. The minimum Gasteiger partial charge on any atom is -0.466 e. The van der Waals surface area contributed by atoms with Crippen molar-refractivity contribution in [2.45, 2.75) is 52.5 Å². The van der Waals surface area contributed by atoms with Crippen molar-refractivity contribution in [2.75, 3.05) is 13.1 Å². The zero-order valence-corrected chi connectivity index (χ0v) is 21.8. The number of carbonyl (C=O) groups excluding carboxylic acids is 1. The number of hydrogen-bond acceptors (Lipinski definition) is 6. The van der Waals surface area contributed by atoms with Gasteiger partial charge in [-0.3, -0.25) is 4.79 Å². The largest absolute Gasteiger partial charge is 0.466 e. The van der Waals surface area contributed by atoms with Crippen LogP contribution in [0.25, 0.3) is 32.5 Å². The molecule has 1 fully saturated rings. The average Bonchev–Trinajstić information content (AvgIpc) is 3.59. The maximum absolute atomic E-state index is 13.9. The van der Waals surface area contributed by atoms with Gasteiger partial charge in [0.15, 0.2) is 5.65 Å². The van der Waals surface area contributed by atoms with Crippen LogP contribution in [0.15, 0.2) is 47.0 Å². The number of amides is 1. The van der Waals surface area contributed by atoms with Gasteiger partial charge < -0.3 is 9.32 Å². The van der Waals surface area contributed by atoms with Crippen LogP contribution in [0.4, 0.5) is 0 Å². The molecular formula is C28H29N5O2S. The lowest BCUT2D eigenvalue weighted by Crippen LogP contribution is -2.38. The number of aryl methyl sites for hydroxylation is 2. The van der Waals surface area contributed by atoms with Gasteiger partial charge in [0.1, 0.15) is 11.5 Å². The number of para-hydroxylation sites is 1. The zero-order valence-electron chi connectivity index (χ0n) is 21.0. The molecule has 1 amide bonds. The van der Waals surface area contributed by atoms with Crippen molar-refractivity contribution < 1.29 is 9.21 Å². The first-order chi connectivity index (χ1) is 17.4. The second-order valence-corrected chi connectivity index (χ2v) is 11.0. The zero-order chi connectivity index (χ0) is 25.0. The average molecular weight is 500 g/mol. The van der Waals surface area contributed by atoms with E-state index in [4.69, 9.17) is 14.4 Å². The Balaban J connectivity index is 1.32. The molecule has 6 rings (SSSR count). The maximum atomic E-state index is 13.9. The van der Waals surface area contributed by atoms with E-state index in [0.717, 1.165) is 52.2 Å². The van der Waals surface area contributed by atoms with Crippen LogP contribution in [0.1, 0.15) is 65.5 Å². The predicted octanol–water partition coefficient (Wildman–Crippen LogP) is 6.52. The van der Waals surface area contributed by atoms with Crippen LogP contribution in [0, 0.1) is 13.8 Å². The lowest BCUT2D eigenvalue weighted by atomic mass is 9.96. The number of hydrogen-bond donors (Lipinski definition) is 0. The van der Waals surface area contributed by atoms with Crippen molar-refractivity contribution in [1.29, 1.82) is 0 Å². The molecule has 36 heavy (non-hydrogen) atoms. The first-order valence-corrected chi connectivity index (χ1v) is 13.3. The highest BCUT2D eigenvalue weighted by molar-refractivity contribution is 7.18. The summed E-state index contributed by atoms with van der Waals surface area (Å²) in [5, 5.41) is 6.55. The van der Waals surface area contributed by atoms with Gasteiger partial charge in [0.25, 0.3) is 5.91 Å². The Labute approximate surface area is 213 Å². The molecule has 5 aromatic rings. The number of carbonyl (C=O) groups is 1. The molecule has 1 aliphatic heterocycles. The van der Waals surface area contributed by atoms with E-state index in [-0.39, 0.29) is 11.9 Å². The van der Waals surface area contributed by atoms with Gasteiger partial charge in [-0.2, -0.15) is 5.10 Å². The molecule has 7 nitrogen and oxygen atoms in total. The van der Waals surface area contributed by atoms with Crippen LogP contribution in [-0.4, -0.2) is 43.6 Å². The number of thiazole rings is 1. The third kappa shape index (κ3) is 3.89. The van der Waals surface area contributed by atoms with Gasteiger partial charge in [-0.1, -0.05) is 12.1 Å². The van der Waals surface area contributed by atoms with Gasteiger partial charge in [-0.25, -0.2) is 14.6 Å². The fourth-order valence-electron chi connectivity index (χ4n) is 5.16. The van der Waals surface area contributed by atoms with E-state index in [1.165, 1.54) is 9.71 Å². The summed E-state index contributed by atoms with van der Waals surface area (Å²) in [6.45, 7) is 9.42. The molecule has 184 valence electrons. The lowest BCUT2D eigenvalue weighted by Gasteiger charge is -2.31. The van der Waals surface area contributed by atoms with Crippen molar-refractivity contribution in [3.8, 4) is 11.3 Å². The minimum absolute atomic E-state index is 0.0348. The van der Waals surface area contributed by atoms with Crippen molar-refractivity contribution in [2.24, 2.45) is 0 Å². The molecule has 1 aliphatic rings. The third-order valence-electron chi connectivity index (χ3n) is 7.05. The number of fused-ring (bicyclic) bond motifs is 2. The number of rotatable bonds is 4. The number of furan rings is 1. The third-order valence-corrected chi connectivity index (χ3v) is 8.24. The Hall–Kier alpha value is -3.52. The van der Waals surface area contributed by atoms with E-state index in [1.54, 1.807) is 17.5 Å². The van der Waals surface area contributed by atoms with Gasteiger partial charge >= 0.3 is 0 Å². The van der Waals surface area contributed by atoms with Crippen LogP contribution < -0.4 is 0 Å². The normalized spacial score (nSPS) is 15.0. The fraction of sp³-hybridized carbons (Fsp3) is 0.357. The summed E-state index contributed by atoms with van der Waals surface area (Å²) < 4.78 is 8.88. The van der Waals surface area contributed by atoms with E-state index in [2.05, 4.69) is 37.1 Å². The number of likely N-dealkylation sites (tertiary alicyclic amines) is 1. The molecule has 1 aromatic carbocycles. The second kappa shape index (κ2) is 8.85. The monoisotopic (exact) mass is 499 g/mol. The summed E-state index contributed by atoms with van der Waals surface area (Å²) in [7, 11) is 0. The molecule has 0 saturated carbocycles. The molecule has 0 radical (unpaired) electrons. The summed E-state index contributed by atoms with van der Waals surface area (Å²) in [5.41, 5.74) is 4.10. The highest BCUT2D eigenvalue weighted by atomic mass is 32.1. The van der Waals surface area contributed by atoms with Crippen molar-refractivity contribution in [3.05, 3.63) is 64.7 Å². The first-order valence-electron chi connectivity index (χ1n) is 12.5. The Morgan fingerprint density at radius 3 is 2.58 bits per heavy atom. The van der Waals surface area contributed by atoms with E-state index >= 15 is 0 Å². The summed E-state index contributed by atoms with van der Waals surface area (Å²) in [6.07, 6.45) is 3.61. The number of pyridine rings is 1. The highest BCUT2D eigenvalue weighted by Crippen LogP contribution is 2.35. The SMILES string of the molecule is Cc1cc(-c2cc(C(=O)N3CCC(c4nc5ccccc5s4)CC3)c3cnn(C(C)C)c3n2)c(C)o1. The Morgan fingerprint density at radius 2 is 1.89 bits per heavy atom. The van der Waals surface area contributed by atoms with Crippen LogP contribution in [0.2, 0.25) is 0 Å². The van der Waals surface area contributed by atoms with Crippen molar-refractivity contribution in [3.63, 3.8) is 0 Å². The van der Waals surface area contributed by atoms with Crippen LogP contribution in [-0.2, 0) is 0 Å². The highest BCUT2D eigenvalue weighted by Gasteiger charge is 2.29. The Kier molecular flexibility index (Phi) is 5.63. The quantitative estimate of drug-likeness (QED) is 0.281. The lowest BCUT2D eigenvalue weighted by molar-refractivity contribution is 0.0715. The van der Waals surface area contributed by atoms with Gasteiger partial charge in [0, 0.05) is 30.6 Å². The summed E-state index contributed by atoms with van der Waals surface area (Å²) in [4.78, 5) is 25.6. The summed E-state index contributed by atoms with van der Waals surface area (Å²) in [6, 6.07) is 12.3. The molecule has 0 N–H and O–H groups in total. The molecular weight excluding hydrogens is 470 g/mol. The number of nitrogens with zero attached hydrogens (tertiary/aromatic N) is 5. The van der Waals surface area contributed by atoms with E-state index in [0.29, 0.717) is 24.6 Å². The van der Waals surface area contributed by atoms with E-state index in [9.17, 15) is 4.79 Å². The van der Waals surface area contributed by atoms with Crippen molar-refractivity contribution in [1.82, 2.24) is 24.6 Å². The molecule has 8 heteroatoms.